The number of carbonyl (C=O) groups is 1. The summed E-state index contributed by atoms with van der Waals surface area (Å²) in [6, 6.07) is 0. The van der Waals surface area contributed by atoms with E-state index in [-0.39, 0.29) is 5.91 Å². The molecule has 0 aromatic rings. The second-order valence-corrected chi connectivity index (χ2v) is 6.85. The van der Waals surface area contributed by atoms with Gasteiger partial charge in [-0.25, -0.2) is 0 Å². The summed E-state index contributed by atoms with van der Waals surface area (Å²) in [5.41, 5.74) is 0. The first-order chi connectivity index (χ1) is 10.0. The van der Waals surface area contributed by atoms with E-state index in [1.165, 1.54) is 32.1 Å². The summed E-state index contributed by atoms with van der Waals surface area (Å²) in [5, 5.41) is 2.92. The Morgan fingerprint density at radius 1 is 0.857 bits per heavy atom. The number of unbranched alkanes of at least 4 members (excludes halogenated alkanes) is 4. The van der Waals surface area contributed by atoms with E-state index in [2.05, 4.69) is 33.0 Å². The first-order valence-corrected chi connectivity index (χ1v) is 8.86. The van der Waals surface area contributed by atoms with E-state index in [0.717, 1.165) is 25.4 Å². The highest BCUT2D eigenvalue weighted by molar-refractivity contribution is 5.75. The van der Waals surface area contributed by atoms with Crippen LogP contribution in [-0.2, 0) is 9.53 Å². The second kappa shape index (κ2) is 14.4. The molecule has 0 fully saturated rings. The van der Waals surface area contributed by atoms with Crippen LogP contribution in [0.25, 0.3) is 0 Å². The largest absolute Gasteiger partial charge is 0.380 e. The third-order valence-corrected chi connectivity index (χ3v) is 3.59. The van der Waals surface area contributed by atoms with Gasteiger partial charge in [0, 0.05) is 19.6 Å². The number of ether oxygens (including phenoxy) is 1. The van der Waals surface area contributed by atoms with Crippen LogP contribution in [-0.4, -0.2) is 25.7 Å². The fourth-order valence-corrected chi connectivity index (χ4v) is 2.14. The van der Waals surface area contributed by atoms with Crippen molar-refractivity contribution in [3.05, 3.63) is 0 Å². The molecule has 1 N–H and O–H groups in total. The molecule has 3 nitrogen and oxygen atoms in total. The molecule has 1 amide bonds. The Bertz CT molecular complexity index is 239. The highest BCUT2D eigenvalue weighted by atomic mass is 16.5. The molecule has 0 aromatic carbocycles. The van der Waals surface area contributed by atoms with Crippen molar-refractivity contribution in [2.45, 2.75) is 79.1 Å². The van der Waals surface area contributed by atoms with Crippen LogP contribution in [0.1, 0.15) is 79.1 Å². The lowest BCUT2D eigenvalue weighted by Crippen LogP contribution is -2.27. The summed E-state index contributed by atoms with van der Waals surface area (Å²) in [7, 11) is 0. The Kier molecular flexibility index (Phi) is 14.0. The highest BCUT2D eigenvalue weighted by Gasteiger charge is 2.01. The molecule has 0 aliphatic heterocycles. The second-order valence-electron chi connectivity index (χ2n) is 6.85. The van der Waals surface area contributed by atoms with Crippen molar-refractivity contribution >= 4 is 5.91 Å². The Labute approximate surface area is 132 Å². The van der Waals surface area contributed by atoms with E-state index >= 15 is 0 Å². The average Bonchev–Trinajstić information content (AvgIpc) is 2.41. The average molecular weight is 299 g/mol. The summed E-state index contributed by atoms with van der Waals surface area (Å²) in [6.07, 6.45) is 9.18. The Morgan fingerprint density at radius 2 is 1.48 bits per heavy atom. The van der Waals surface area contributed by atoms with Crippen molar-refractivity contribution in [2.24, 2.45) is 11.8 Å². The molecular formula is C18H37NO2. The molecule has 0 atom stereocenters. The van der Waals surface area contributed by atoms with E-state index in [0.29, 0.717) is 25.5 Å². The molecule has 0 radical (unpaired) electrons. The van der Waals surface area contributed by atoms with E-state index in [1.54, 1.807) is 0 Å². The first kappa shape index (κ1) is 20.4. The van der Waals surface area contributed by atoms with Crippen LogP contribution in [0.2, 0.25) is 0 Å². The topological polar surface area (TPSA) is 38.3 Å². The lowest BCUT2D eigenvalue weighted by molar-refractivity contribution is -0.121. The standard InChI is InChI=1S/C18H37NO2/c1-16(2)10-8-6-5-7-9-11-18(20)19-13-15-21-14-12-17(3)4/h16-17H,5-15H2,1-4H3,(H,19,20). The lowest BCUT2D eigenvalue weighted by atomic mass is 10.0. The van der Waals surface area contributed by atoms with Crippen molar-refractivity contribution < 1.29 is 9.53 Å². The Balaban J connectivity index is 3.20. The van der Waals surface area contributed by atoms with E-state index in [1.807, 2.05) is 0 Å². The van der Waals surface area contributed by atoms with Gasteiger partial charge in [-0.3, -0.25) is 4.79 Å². The molecule has 0 heterocycles. The number of rotatable bonds is 14. The normalized spacial score (nSPS) is 11.3. The molecular weight excluding hydrogens is 262 g/mol. The van der Waals surface area contributed by atoms with Crippen LogP contribution in [0.4, 0.5) is 0 Å². The summed E-state index contributed by atoms with van der Waals surface area (Å²) in [5.74, 6) is 1.67. The zero-order valence-electron chi connectivity index (χ0n) is 14.7. The van der Waals surface area contributed by atoms with Gasteiger partial charge in [0.25, 0.3) is 0 Å². The van der Waals surface area contributed by atoms with Crippen molar-refractivity contribution in [1.29, 1.82) is 0 Å². The monoisotopic (exact) mass is 299 g/mol. The van der Waals surface area contributed by atoms with Crippen molar-refractivity contribution in [1.82, 2.24) is 5.32 Å². The van der Waals surface area contributed by atoms with Crippen LogP contribution in [0, 0.1) is 11.8 Å². The molecule has 0 aromatic heterocycles. The maximum Gasteiger partial charge on any atom is 0.220 e. The van der Waals surface area contributed by atoms with Crippen LogP contribution in [0.3, 0.4) is 0 Å². The first-order valence-electron chi connectivity index (χ1n) is 8.86. The summed E-state index contributed by atoms with van der Waals surface area (Å²) in [4.78, 5) is 11.6. The Morgan fingerprint density at radius 3 is 2.14 bits per heavy atom. The lowest BCUT2D eigenvalue weighted by Gasteiger charge is -2.08. The molecule has 0 saturated heterocycles. The molecule has 0 rings (SSSR count). The molecule has 0 aliphatic carbocycles. The van der Waals surface area contributed by atoms with Crippen LogP contribution in [0.15, 0.2) is 0 Å². The van der Waals surface area contributed by atoms with Crippen molar-refractivity contribution in [2.75, 3.05) is 19.8 Å². The molecule has 0 saturated carbocycles. The van der Waals surface area contributed by atoms with Gasteiger partial charge in [-0.1, -0.05) is 59.8 Å². The minimum atomic E-state index is 0.171. The van der Waals surface area contributed by atoms with Crippen LogP contribution in [0.5, 0.6) is 0 Å². The molecule has 0 spiro atoms. The summed E-state index contributed by atoms with van der Waals surface area (Å²) in [6.45, 7) is 11.0. The number of carbonyl (C=O) groups excluding carboxylic acids is 1. The fraction of sp³-hybridized carbons (Fsp3) is 0.944. The van der Waals surface area contributed by atoms with Gasteiger partial charge in [-0.15, -0.1) is 0 Å². The molecule has 0 bridgehead atoms. The summed E-state index contributed by atoms with van der Waals surface area (Å²) < 4.78 is 5.47. The third-order valence-electron chi connectivity index (χ3n) is 3.59. The number of amides is 1. The Hall–Kier alpha value is -0.570. The van der Waals surface area contributed by atoms with Gasteiger partial charge in [0.1, 0.15) is 0 Å². The maximum atomic E-state index is 11.6. The van der Waals surface area contributed by atoms with Gasteiger partial charge >= 0.3 is 0 Å². The number of hydrogen-bond acceptors (Lipinski definition) is 2. The highest BCUT2D eigenvalue weighted by Crippen LogP contribution is 2.11. The molecule has 126 valence electrons. The maximum absolute atomic E-state index is 11.6. The molecule has 0 aliphatic rings. The van der Waals surface area contributed by atoms with Gasteiger partial charge in [0.05, 0.1) is 6.61 Å². The smallest absolute Gasteiger partial charge is 0.220 e. The van der Waals surface area contributed by atoms with Gasteiger partial charge in [0.15, 0.2) is 0 Å². The predicted octanol–water partition coefficient (Wildman–Crippen LogP) is 4.55. The minimum absolute atomic E-state index is 0.171. The molecule has 21 heavy (non-hydrogen) atoms. The SMILES string of the molecule is CC(C)CCCCCCCC(=O)NCCOCCC(C)C. The van der Waals surface area contributed by atoms with E-state index in [4.69, 9.17) is 4.74 Å². The fourth-order valence-electron chi connectivity index (χ4n) is 2.14. The quantitative estimate of drug-likeness (QED) is 0.478. The van der Waals surface area contributed by atoms with E-state index < -0.39 is 0 Å². The number of hydrogen-bond donors (Lipinski definition) is 1. The van der Waals surface area contributed by atoms with Gasteiger partial charge < -0.3 is 10.1 Å². The molecule has 3 heteroatoms. The third kappa shape index (κ3) is 17.4. The zero-order valence-corrected chi connectivity index (χ0v) is 14.7. The van der Waals surface area contributed by atoms with Crippen molar-refractivity contribution in [3.8, 4) is 0 Å². The predicted molar refractivity (Wildman–Crippen MR) is 90.4 cm³/mol. The van der Waals surface area contributed by atoms with Crippen LogP contribution >= 0.6 is 0 Å². The van der Waals surface area contributed by atoms with Crippen LogP contribution < -0.4 is 5.32 Å². The van der Waals surface area contributed by atoms with Crippen molar-refractivity contribution in [3.63, 3.8) is 0 Å². The summed E-state index contributed by atoms with van der Waals surface area (Å²) >= 11 is 0. The molecule has 0 unspecified atom stereocenters. The van der Waals surface area contributed by atoms with Gasteiger partial charge in [-0.05, 0) is 24.7 Å². The zero-order chi connectivity index (χ0) is 15.9. The minimum Gasteiger partial charge on any atom is -0.380 e. The van der Waals surface area contributed by atoms with Gasteiger partial charge in [0.2, 0.25) is 5.91 Å². The van der Waals surface area contributed by atoms with E-state index in [9.17, 15) is 4.79 Å². The number of nitrogens with one attached hydrogen (secondary N) is 1. The van der Waals surface area contributed by atoms with Gasteiger partial charge in [-0.2, -0.15) is 0 Å².